The van der Waals surface area contributed by atoms with Crippen LogP contribution in [-0.4, -0.2) is 53.4 Å². The average Bonchev–Trinajstić information content (AvgIpc) is 3.58. The monoisotopic (exact) mass is 433 g/mol. The van der Waals surface area contributed by atoms with Crippen molar-refractivity contribution in [2.75, 3.05) is 19.7 Å². The fraction of sp³-hybridized carbons (Fsp3) is 0.440. The molecule has 3 unspecified atom stereocenters. The number of hydrogen-bond acceptors (Lipinski definition) is 6. The van der Waals surface area contributed by atoms with E-state index in [1.165, 1.54) is 12.8 Å². The molecule has 2 fully saturated rings. The van der Waals surface area contributed by atoms with Gasteiger partial charge in [0, 0.05) is 24.4 Å². The van der Waals surface area contributed by atoms with Crippen molar-refractivity contribution in [3.8, 4) is 0 Å². The van der Waals surface area contributed by atoms with E-state index in [-0.39, 0.29) is 18.1 Å². The molecular weight excluding hydrogens is 406 g/mol. The summed E-state index contributed by atoms with van der Waals surface area (Å²) in [5.41, 5.74) is 1.59. The first-order valence-corrected chi connectivity index (χ1v) is 11.5. The molecule has 7 nitrogen and oxygen atoms in total. The van der Waals surface area contributed by atoms with Crippen LogP contribution in [0.1, 0.15) is 49.7 Å². The first kappa shape index (κ1) is 19.8. The minimum atomic E-state index is -0.260. The van der Waals surface area contributed by atoms with Crippen molar-refractivity contribution in [3.05, 3.63) is 60.2 Å². The van der Waals surface area contributed by atoms with Crippen molar-refractivity contribution in [2.45, 2.75) is 50.3 Å². The van der Waals surface area contributed by atoms with Gasteiger partial charge in [0.15, 0.2) is 5.76 Å². The molecular formula is C25H27N3O4. The number of carbonyl (C=O) groups excluding carboxylic acids is 1. The second kappa shape index (κ2) is 8.22. The van der Waals surface area contributed by atoms with Gasteiger partial charge in [-0.15, -0.1) is 0 Å². The number of nitrogens with zero attached hydrogens (tertiary/aromatic N) is 3. The van der Waals surface area contributed by atoms with Crippen LogP contribution >= 0.6 is 0 Å². The van der Waals surface area contributed by atoms with Gasteiger partial charge in [-0.05, 0) is 37.1 Å². The number of fused-ring (bicyclic) bond motifs is 2. The van der Waals surface area contributed by atoms with Crippen molar-refractivity contribution >= 4 is 22.6 Å². The topological polar surface area (TPSA) is 71.4 Å². The van der Waals surface area contributed by atoms with Crippen LogP contribution in [0.5, 0.6) is 0 Å². The first-order valence-electron chi connectivity index (χ1n) is 11.5. The molecule has 0 bridgehead atoms. The number of amides is 1. The lowest BCUT2D eigenvalue weighted by Crippen LogP contribution is -2.55. The molecule has 1 aromatic carbocycles. The van der Waals surface area contributed by atoms with Gasteiger partial charge >= 0.3 is 0 Å². The molecule has 1 aliphatic carbocycles. The van der Waals surface area contributed by atoms with Gasteiger partial charge in [0.1, 0.15) is 23.1 Å². The van der Waals surface area contributed by atoms with Crippen molar-refractivity contribution < 1.29 is 18.4 Å². The Bertz CT molecular complexity index is 1100. The minimum absolute atomic E-state index is 0.0104. The lowest BCUT2D eigenvalue weighted by atomic mass is 9.90. The van der Waals surface area contributed by atoms with E-state index in [0.29, 0.717) is 31.4 Å². The maximum absolute atomic E-state index is 13.5. The van der Waals surface area contributed by atoms with E-state index in [1.807, 2.05) is 42.5 Å². The molecule has 3 aliphatic rings. The zero-order chi connectivity index (χ0) is 21.5. The summed E-state index contributed by atoms with van der Waals surface area (Å²) in [6.07, 6.45) is 7.04. The fourth-order valence-corrected chi connectivity index (χ4v) is 5.33. The summed E-state index contributed by atoms with van der Waals surface area (Å²) in [6.45, 7) is 1.81. The summed E-state index contributed by atoms with van der Waals surface area (Å²) < 4.78 is 17.7. The zero-order valence-electron chi connectivity index (χ0n) is 18.0. The predicted octanol–water partition coefficient (Wildman–Crippen LogP) is 4.35. The van der Waals surface area contributed by atoms with E-state index in [9.17, 15) is 4.79 Å². The number of morpholine rings is 1. The van der Waals surface area contributed by atoms with Crippen LogP contribution in [-0.2, 0) is 9.53 Å². The van der Waals surface area contributed by atoms with Crippen LogP contribution in [0.25, 0.3) is 11.0 Å². The van der Waals surface area contributed by atoms with E-state index in [0.717, 1.165) is 41.8 Å². The standard InChI is InChI=1S/C25H27N3O4/c29-25(16-27-11-13-31-22-9-4-2-7-19(22)27)28-20(23-10-5-12-30-23)15-18(26-28)24-14-17-6-1-3-8-21(17)32-24/h1,3,5-6,8,10,12,14,19-20,22H,2,4,7,9,11,13,15-16H2. The van der Waals surface area contributed by atoms with E-state index in [2.05, 4.69) is 4.90 Å². The van der Waals surface area contributed by atoms with E-state index in [1.54, 1.807) is 11.3 Å². The molecule has 4 heterocycles. The molecule has 2 aliphatic heterocycles. The van der Waals surface area contributed by atoms with Crippen LogP contribution in [0, 0.1) is 0 Å². The van der Waals surface area contributed by atoms with Crippen molar-refractivity contribution in [1.82, 2.24) is 9.91 Å². The Morgan fingerprint density at radius 1 is 1.12 bits per heavy atom. The highest BCUT2D eigenvalue weighted by Crippen LogP contribution is 2.35. The third kappa shape index (κ3) is 3.55. The number of hydrazone groups is 1. The van der Waals surface area contributed by atoms with Gasteiger partial charge in [-0.25, -0.2) is 5.01 Å². The molecule has 0 radical (unpaired) electrons. The Labute approximate surface area is 186 Å². The summed E-state index contributed by atoms with van der Waals surface area (Å²) in [4.78, 5) is 15.8. The second-order valence-electron chi connectivity index (χ2n) is 8.90. The molecule has 2 aromatic heterocycles. The van der Waals surface area contributed by atoms with Gasteiger partial charge in [-0.2, -0.15) is 5.10 Å². The molecule has 3 atom stereocenters. The van der Waals surface area contributed by atoms with Crippen LogP contribution in [0.3, 0.4) is 0 Å². The minimum Gasteiger partial charge on any atom is -0.467 e. The Balaban J connectivity index is 1.27. The molecule has 166 valence electrons. The number of ether oxygens (including phenoxy) is 1. The summed E-state index contributed by atoms with van der Waals surface area (Å²) in [5.74, 6) is 1.44. The molecule has 0 N–H and O–H groups in total. The summed E-state index contributed by atoms with van der Waals surface area (Å²) in [5, 5.41) is 7.38. The number of para-hydroxylation sites is 1. The maximum atomic E-state index is 13.5. The number of furan rings is 2. The quantitative estimate of drug-likeness (QED) is 0.612. The van der Waals surface area contributed by atoms with E-state index in [4.69, 9.17) is 18.7 Å². The second-order valence-corrected chi connectivity index (χ2v) is 8.90. The molecule has 3 aromatic rings. The molecule has 32 heavy (non-hydrogen) atoms. The third-order valence-electron chi connectivity index (χ3n) is 6.93. The Morgan fingerprint density at radius 3 is 2.91 bits per heavy atom. The molecule has 1 amide bonds. The third-order valence-corrected chi connectivity index (χ3v) is 6.93. The van der Waals surface area contributed by atoms with Crippen molar-refractivity contribution in [1.29, 1.82) is 0 Å². The number of carbonyl (C=O) groups is 1. The van der Waals surface area contributed by atoms with Gasteiger partial charge in [-0.1, -0.05) is 31.0 Å². The van der Waals surface area contributed by atoms with E-state index < -0.39 is 0 Å². The summed E-state index contributed by atoms with van der Waals surface area (Å²) in [6, 6.07) is 13.7. The summed E-state index contributed by atoms with van der Waals surface area (Å²) >= 11 is 0. The lowest BCUT2D eigenvalue weighted by molar-refractivity contribution is -0.140. The van der Waals surface area contributed by atoms with Gasteiger partial charge in [0.25, 0.3) is 5.91 Å². The van der Waals surface area contributed by atoms with Gasteiger partial charge in [0.05, 0.1) is 25.5 Å². The van der Waals surface area contributed by atoms with Gasteiger partial charge in [0.2, 0.25) is 0 Å². The largest absolute Gasteiger partial charge is 0.467 e. The maximum Gasteiger partial charge on any atom is 0.257 e. The number of hydrogen-bond donors (Lipinski definition) is 0. The highest BCUT2D eigenvalue weighted by molar-refractivity contribution is 6.03. The van der Waals surface area contributed by atoms with Crippen molar-refractivity contribution in [3.63, 3.8) is 0 Å². The lowest BCUT2D eigenvalue weighted by Gasteiger charge is -2.43. The van der Waals surface area contributed by atoms with Crippen LogP contribution < -0.4 is 0 Å². The predicted molar refractivity (Wildman–Crippen MR) is 119 cm³/mol. The highest BCUT2D eigenvalue weighted by atomic mass is 16.5. The average molecular weight is 434 g/mol. The SMILES string of the molecule is O=C(CN1CCOC2CCCCC21)N1N=C(c2cc3ccccc3o2)CC1c1ccco1. The normalized spacial score (nSPS) is 26.3. The smallest absolute Gasteiger partial charge is 0.257 e. The van der Waals surface area contributed by atoms with Crippen LogP contribution in [0.15, 0.2) is 62.7 Å². The Morgan fingerprint density at radius 2 is 2.03 bits per heavy atom. The highest BCUT2D eigenvalue weighted by Gasteiger charge is 2.39. The number of rotatable bonds is 4. The molecule has 6 rings (SSSR count). The fourth-order valence-electron chi connectivity index (χ4n) is 5.33. The molecule has 0 spiro atoms. The first-order chi connectivity index (χ1) is 15.8. The van der Waals surface area contributed by atoms with Crippen LogP contribution in [0.4, 0.5) is 0 Å². The van der Waals surface area contributed by atoms with Gasteiger partial charge < -0.3 is 13.6 Å². The molecule has 1 saturated heterocycles. The Hall–Kier alpha value is -2.90. The summed E-state index contributed by atoms with van der Waals surface area (Å²) in [7, 11) is 0. The number of benzene rings is 1. The Kier molecular flexibility index (Phi) is 5.08. The van der Waals surface area contributed by atoms with E-state index >= 15 is 0 Å². The zero-order valence-corrected chi connectivity index (χ0v) is 18.0. The van der Waals surface area contributed by atoms with Crippen LogP contribution in [0.2, 0.25) is 0 Å². The van der Waals surface area contributed by atoms with Crippen molar-refractivity contribution in [2.24, 2.45) is 5.10 Å². The molecule has 1 saturated carbocycles. The molecule has 7 heteroatoms. The van der Waals surface area contributed by atoms with Gasteiger partial charge in [-0.3, -0.25) is 9.69 Å².